The second-order valence-electron chi connectivity index (χ2n) is 2.63. The van der Waals surface area contributed by atoms with Crippen LogP contribution < -0.4 is 5.32 Å². The van der Waals surface area contributed by atoms with Gasteiger partial charge in [-0.3, -0.25) is 14.9 Å². The van der Waals surface area contributed by atoms with Crippen LogP contribution in [0.15, 0.2) is 30.3 Å². The maximum absolute atomic E-state index is 11.3. The summed E-state index contributed by atoms with van der Waals surface area (Å²) in [6.07, 6.45) is 0.235. The number of amides is 2. The second kappa shape index (κ2) is 5.54. The Labute approximate surface area is 86.0 Å². The van der Waals surface area contributed by atoms with Crippen molar-refractivity contribution >= 4 is 18.3 Å². The van der Waals surface area contributed by atoms with Gasteiger partial charge in [-0.2, -0.15) is 0 Å². The molecule has 1 aromatic carbocycles. The average molecular weight is 207 g/mol. The molecule has 0 radical (unpaired) electrons. The fraction of sp³-hybridized carbons (Fsp3) is 0.100. The quantitative estimate of drug-likeness (QED) is 0.562. The van der Waals surface area contributed by atoms with Gasteiger partial charge in [0.2, 0.25) is 6.41 Å². The van der Waals surface area contributed by atoms with Gasteiger partial charge < -0.3 is 4.74 Å². The summed E-state index contributed by atoms with van der Waals surface area (Å²) in [6, 6.07) is 8.26. The van der Waals surface area contributed by atoms with Crippen LogP contribution in [0.2, 0.25) is 0 Å². The van der Waals surface area contributed by atoms with Gasteiger partial charge in [0, 0.05) is 0 Å². The molecule has 0 saturated carbocycles. The number of benzene rings is 1. The van der Waals surface area contributed by atoms with Gasteiger partial charge >= 0.3 is 5.97 Å². The van der Waals surface area contributed by atoms with Crippen molar-refractivity contribution in [2.75, 3.05) is 6.61 Å². The molecule has 0 aromatic heterocycles. The van der Waals surface area contributed by atoms with E-state index in [1.54, 1.807) is 30.3 Å². The van der Waals surface area contributed by atoms with E-state index in [0.29, 0.717) is 5.56 Å². The first-order chi connectivity index (χ1) is 7.24. The highest BCUT2D eigenvalue weighted by atomic mass is 16.5. The van der Waals surface area contributed by atoms with Gasteiger partial charge in [0.1, 0.15) is 0 Å². The van der Waals surface area contributed by atoms with E-state index in [2.05, 4.69) is 4.74 Å². The van der Waals surface area contributed by atoms with E-state index in [1.807, 2.05) is 5.32 Å². The Morgan fingerprint density at radius 1 is 1.27 bits per heavy atom. The summed E-state index contributed by atoms with van der Waals surface area (Å²) in [5, 5.41) is 1.86. The molecule has 0 aliphatic carbocycles. The minimum absolute atomic E-state index is 0.235. The lowest BCUT2D eigenvalue weighted by Crippen LogP contribution is -2.27. The predicted molar refractivity (Wildman–Crippen MR) is 50.9 cm³/mol. The van der Waals surface area contributed by atoms with E-state index in [4.69, 9.17) is 0 Å². The maximum atomic E-state index is 11.3. The summed E-state index contributed by atoms with van der Waals surface area (Å²) in [7, 11) is 0. The monoisotopic (exact) mass is 207 g/mol. The van der Waals surface area contributed by atoms with Crippen LogP contribution >= 0.6 is 0 Å². The van der Waals surface area contributed by atoms with Crippen molar-refractivity contribution in [3.63, 3.8) is 0 Å². The molecule has 0 bridgehead atoms. The Morgan fingerprint density at radius 2 is 1.93 bits per heavy atom. The Morgan fingerprint density at radius 3 is 2.53 bits per heavy atom. The molecule has 0 aliphatic heterocycles. The van der Waals surface area contributed by atoms with E-state index < -0.39 is 18.5 Å². The summed E-state index contributed by atoms with van der Waals surface area (Å²) >= 11 is 0. The lowest BCUT2D eigenvalue weighted by atomic mass is 10.2. The summed E-state index contributed by atoms with van der Waals surface area (Å²) in [6.45, 7) is -0.466. The molecule has 2 amide bonds. The summed E-state index contributed by atoms with van der Waals surface area (Å²) < 4.78 is 4.63. The molecule has 0 spiro atoms. The standard InChI is InChI=1S/C10H9NO4/c12-7-11-9(13)6-15-10(14)8-4-2-1-3-5-8/h1-5,7H,6H2,(H,11,12,13). The number of rotatable bonds is 4. The number of hydrogen-bond donors (Lipinski definition) is 1. The van der Waals surface area contributed by atoms with Crippen LogP contribution in [-0.2, 0) is 14.3 Å². The third-order valence-electron chi connectivity index (χ3n) is 1.56. The SMILES string of the molecule is O=CNC(=O)COC(=O)c1ccccc1. The van der Waals surface area contributed by atoms with Crippen molar-refractivity contribution in [3.8, 4) is 0 Å². The minimum atomic E-state index is -0.658. The highest BCUT2D eigenvalue weighted by molar-refractivity contribution is 5.92. The molecule has 0 atom stereocenters. The zero-order valence-corrected chi connectivity index (χ0v) is 7.80. The number of carbonyl (C=O) groups is 3. The third kappa shape index (κ3) is 3.60. The topological polar surface area (TPSA) is 72.5 Å². The van der Waals surface area contributed by atoms with Crippen LogP contribution in [0.4, 0.5) is 0 Å². The minimum Gasteiger partial charge on any atom is -0.452 e. The van der Waals surface area contributed by atoms with Crippen LogP contribution in [0.3, 0.4) is 0 Å². The van der Waals surface area contributed by atoms with Gasteiger partial charge in [0.15, 0.2) is 6.61 Å². The molecular weight excluding hydrogens is 198 g/mol. The molecular formula is C10H9NO4. The fourth-order valence-electron chi connectivity index (χ4n) is 0.896. The van der Waals surface area contributed by atoms with Gasteiger partial charge in [-0.25, -0.2) is 4.79 Å². The molecule has 1 N–H and O–H groups in total. The van der Waals surface area contributed by atoms with Crippen molar-refractivity contribution < 1.29 is 19.1 Å². The summed E-state index contributed by atoms with van der Waals surface area (Å²) in [5.74, 6) is -1.26. The van der Waals surface area contributed by atoms with Gasteiger partial charge in [-0.15, -0.1) is 0 Å². The molecule has 1 aromatic rings. The van der Waals surface area contributed by atoms with Crippen molar-refractivity contribution in [3.05, 3.63) is 35.9 Å². The molecule has 5 nitrogen and oxygen atoms in total. The Kier molecular flexibility index (Phi) is 4.03. The lowest BCUT2D eigenvalue weighted by molar-refractivity contribution is -0.127. The highest BCUT2D eigenvalue weighted by Crippen LogP contribution is 2.00. The summed E-state index contributed by atoms with van der Waals surface area (Å²) in [4.78, 5) is 31.9. The van der Waals surface area contributed by atoms with E-state index in [1.165, 1.54) is 0 Å². The van der Waals surface area contributed by atoms with Crippen molar-refractivity contribution in [1.82, 2.24) is 5.32 Å². The number of imide groups is 1. The average Bonchev–Trinajstić information content (AvgIpc) is 2.27. The Hall–Kier alpha value is -2.17. The van der Waals surface area contributed by atoms with E-state index in [0.717, 1.165) is 0 Å². The highest BCUT2D eigenvalue weighted by Gasteiger charge is 2.08. The number of hydrogen-bond acceptors (Lipinski definition) is 4. The number of carbonyl (C=O) groups excluding carboxylic acids is 3. The summed E-state index contributed by atoms with van der Waals surface area (Å²) in [5.41, 5.74) is 0.358. The molecule has 78 valence electrons. The first kappa shape index (κ1) is 10.9. The zero-order valence-electron chi connectivity index (χ0n) is 7.80. The van der Waals surface area contributed by atoms with E-state index in [9.17, 15) is 14.4 Å². The Bertz CT molecular complexity index is 361. The second-order valence-corrected chi connectivity index (χ2v) is 2.63. The van der Waals surface area contributed by atoms with Crippen LogP contribution in [0.1, 0.15) is 10.4 Å². The largest absolute Gasteiger partial charge is 0.452 e. The molecule has 0 heterocycles. The van der Waals surface area contributed by atoms with Crippen LogP contribution in [0.5, 0.6) is 0 Å². The normalized spacial score (nSPS) is 9.07. The maximum Gasteiger partial charge on any atom is 0.338 e. The fourth-order valence-corrected chi connectivity index (χ4v) is 0.896. The molecule has 0 fully saturated rings. The van der Waals surface area contributed by atoms with E-state index >= 15 is 0 Å². The first-order valence-electron chi connectivity index (χ1n) is 4.19. The van der Waals surface area contributed by atoms with Gasteiger partial charge in [-0.05, 0) is 12.1 Å². The molecule has 0 saturated heterocycles. The van der Waals surface area contributed by atoms with Crippen molar-refractivity contribution in [1.29, 1.82) is 0 Å². The zero-order chi connectivity index (χ0) is 11.1. The molecule has 1 rings (SSSR count). The predicted octanol–water partition coefficient (Wildman–Crippen LogP) is 0.116. The van der Waals surface area contributed by atoms with Crippen LogP contribution in [0.25, 0.3) is 0 Å². The molecule has 15 heavy (non-hydrogen) atoms. The molecule has 0 unspecified atom stereocenters. The first-order valence-corrected chi connectivity index (χ1v) is 4.19. The molecule has 5 heteroatoms. The lowest BCUT2D eigenvalue weighted by Gasteiger charge is -2.02. The third-order valence-corrected chi connectivity index (χ3v) is 1.56. The van der Waals surface area contributed by atoms with Gasteiger partial charge in [-0.1, -0.05) is 18.2 Å². The van der Waals surface area contributed by atoms with Gasteiger partial charge in [0.05, 0.1) is 5.56 Å². The van der Waals surface area contributed by atoms with Crippen molar-refractivity contribution in [2.45, 2.75) is 0 Å². The Balaban J connectivity index is 2.44. The smallest absolute Gasteiger partial charge is 0.338 e. The van der Waals surface area contributed by atoms with E-state index in [-0.39, 0.29) is 6.41 Å². The van der Waals surface area contributed by atoms with Crippen LogP contribution in [0, 0.1) is 0 Å². The van der Waals surface area contributed by atoms with Gasteiger partial charge in [0.25, 0.3) is 5.91 Å². The number of ether oxygens (including phenoxy) is 1. The number of nitrogens with one attached hydrogen (secondary N) is 1. The molecule has 0 aliphatic rings. The van der Waals surface area contributed by atoms with Crippen LogP contribution in [-0.4, -0.2) is 24.9 Å². The number of esters is 1. The van der Waals surface area contributed by atoms with Crippen molar-refractivity contribution in [2.24, 2.45) is 0 Å².